The lowest BCUT2D eigenvalue weighted by Crippen LogP contribution is -2.30. The van der Waals surface area contributed by atoms with Crippen molar-refractivity contribution in [3.8, 4) is 17.2 Å². The van der Waals surface area contributed by atoms with Gasteiger partial charge in [0, 0.05) is 12.0 Å². The van der Waals surface area contributed by atoms with Crippen molar-refractivity contribution < 1.29 is 31.9 Å². The molecule has 0 radical (unpaired) electrons. The quantitative estimate of drug-likeness (QED) is 0.292. The second-order valence-electron chi connectivity index (χ2n) is 7.58. The van der Waals surface area contributed by atoms with Gasteiger partial charge in [-0.15, -0.1) is 23.4 Å². The van der Waals surface area contributed by atoms with Crippen LogP contribution in [-0.4, -0.2) is 28.3 Å². The molecule has 0 atom stereocenters. The van der Waals surface area contributed by atoms with E-state index in [1.807, 2.05) is 30.3 Å². The molecular formula is C24H24F3N3O4. The lowest BCUT2D eigenvalue weighted by Gasteiger charge is -2.10. The number of alkyl halides is 3. The van der Waals surface area contributed by atoms with Gasteiger partial charge in [0.2, 0.25) is 17.6 Å². The van der Waals surface area contributed by atoms with Gasteiger partial charge in [0.15, 0.2) is 0 Å². The number of nitrogens with zero attached hydrogens (tertiary/aromatic N) is 2. The standard InChI is InChI=1S/C24H24F3N3O4/c25-24(26,27)34-19-13-8-10-17(15-19)9-4-1-2-7-14-20(31)22(32)28-16-21-29-30-23(33-21)18-11-5-3-6-12-18/h3,5-6,8,10-13,15H,1-2,4,7,9,14,16H2,(H,28,32). The van der Waals surface area contributed by atoms with Crippen LogP contribution in [-0.2, 0) is 22.6 Å². The van der Waals surface area contributed by atoms with Crippen LogP contribution in [0.3, 0.4) is 0 Å². The lowest BCUT2D eigenvalue weighted by molar-refractivity contribution is -0.274. The van der Waals surface area contributed by atoms with Crippen LogP contribution in [0.2, 0.25) is 0 Å². The number of carbonyl (C=O) groups excluding carboxylic acids is 2. The largest absolute Gasteiger partial charge is 0.573 e. The number of hydrogen-bond donors (Lipinski definition) is 1. The third-order valence-electron chi connectivity index (χ3n) is 4.89. The van der Waals surface area contributed by atoms with Crippen LogP contribution in [0.4, 0.5) is 13.2 Å². The van der Waals surface area contributed by atoms with Crippen molar-refractivity contribution in [2.75, 3.05) is 0 Å². The van der Waals surface area contributed by atoms with Gasteiger partial charge in [-0.3, -0.25) is 9.59 Å². The molecule has 0 fully saturated rings. The fourth-order valence-electron chi connectivity index (χ4n) is 3.26. The summed E-state index contributed by atoms with van der Waals surface area (Å²) in [7, 11) is 0. The van der Waals surface area contributed by atoms with Crippen molar-refractivity contribution in [2.24, 2.45) is 0 Å². The van der Waals surface area contributed by atoms with E-state index >= 15 is 0 Å². The molecule has 0 saturated heterocycles. The van der Waals surface area contributed by atoms with Crippen molar-refractivity contribution >= 4 is 11.7 Å². The van der Waals surface area contributed by atoms with Crippen molar-refractivity contribution in [2.45, 2.75) is 51.4 Å². The minimum absolute atomic E-state index is 0.0402. The number of hydrogen-bond acceptors (Lipinski definition) is 6. The SMILES string of the molecule is O=C(CCCCCCc1cccc(OC(F)(F)F)c1)C(=O)NCc1nnc(-c2ccccc2)o1. The number of unbranched alkanes of at least 4 members (excludes halogenated alkanes) is 3. The maximum absolute atomic E-state index is 12.3. The number of benzene rings is 2. The van der Waals surface area contributed by atoms with E-state index in [2.05, 4.69) is 20.3 Å². The summed E-state index contributed by atoms with van der Waals surface area (Å²) < 4.78 is 46.3. The molecule has 0 aliphatic heterocycles. The average molecular weight is 475 g/mol. The molecule has 3 rings (SSSR count). The monoisotopic (exact) mass is 475 g/mol. The van der Waals surface area contributed by atoms with E-state index in [0.29, 0.717) is 18.7 Å². The summed E-state index contributed by atoms with van der Waals surface area (Å²) in [6.07, 6.45) is -1.21. The van der Waals surface area contributed by atoms with E-state index in [1.165, 1.54) is 18.2 Å². The highest BCUT2D eigenvalue weighted by Crippen LogP contribution is 2.24. The Kier molecular flexibility index (Phi) is 8.78. The molecule has 0 aliphatic rings. The van der Waals surface area contributed by atoms with Crippen molar-refractivity contribution in [3.63, 3.8) is 0 Å². The maximum atomic E-state index is 12.3. The van der Waals surface area contributed by atoms with Crippen LogP contribution >= 0.6 is 0 Å². The first kappa shape index (κ1) is 24.9. The van der Waals surface area contributed by atoms with Crippen LogP contribution in [0, 0.1) is 0 Å². The Morgan fingerprint density at radius 2 is 1.71 bits per heavy atom. The molecule has 1 aromatic heterocycles. The molecule has 180 valence electrons. The first-order chi connectivity index (χ1) is 16.3. The third kappa shape index (κ3) is 8.34. The Hall–Kier alpha value is -3.69. The fraction of sp³-hybridized carbons (Fsp3) is 0.333. The Balaban J connectivity index is 1.30. The van der Waals surface area contributed by atoms with Gasteiger partial charge in [0.1, 0.15) is 5.75 Å². The molecule has 0 spiro atoms. The Bertz CT molecular complexity index is 1080. The molecule has 1 N–H and O–H groups in total. The van der Waals surface area contributed by atoms with E-state index in [9.17, 15) is 22.8 Å². The van der Waals surface area contributed by atoms with Gasteiger partial charge in [-0.1, -0.05) is 43.2 Å². The van der Waals surface area contributed by atoms with Crippen LogP contribution in [0.1, 0.15) is 43.6 Å². The van der Waals surface area contributed by atoms with Gasteiger partial charge in [0.05, 0.1) is 6.54 Å². The van der Waals surface area contributed by atoms with Crippen LogP contribution in [0.25, 0.3) is 11.5 Å². The summed E-state index contributed by atoms with van der Waals surface area (Å²) >= 11 is 0. The Labute approximate surface area is 194 Å². The molecule has 3 aromatic rings. The predicted molar refractivity (Wildman–Crippen MR) is 117 cm³/mol. The number of amides is 1. The van der Waals surface area contributed by atoms with Crippen LogP contribution in [0.5, 0.6) is 5.75 Å². The number of ether oxygens (including phenoxy) is 1. The van der Waals surface area contributed by atoms with E-state index < -0.39 is 18.1 Å². The number of rotatable bonds is 12. The summed E-state index contributed by atoms with van der Waals surface area (Å²) in [5.74, 6) is -0.945. The molecule has 2 aromatic carbocycles. The smallest absolute Gasteiger partial charge is 0.419 e. The minimum Gasteiger partial charge on any atom is -0.419 e. The lowest BCUT2D eigenvalue weighted by atomic mass is 10.0. The number of carbonyl (C=O) groups is 2. The molecule has 1 amide bonds. The van der Waals surface area contributed by atoms with Gasteiger partial charge >= 0.3 is 6.36 Å². The molecule has 0 bridgehead atoms. The molecular weight excluding hydrogens is 451 g/mol. The molecule has 10 heteroatoms. The van der Waals surface area contributed by atoms with Gasteiger partial charge in [-0.25, -0.2) is 0 Å². The topological polar surface area (TPSA) is 94.3 Å². The van der Waals surface area contributed by atoms with Gasteiger partial charge in [-0.05, 0) is 49.1 Å². The van der Waals surface area contributed by atoms with Crippen molar-refractivity contribution in [1.29, 1.82) is 0 Å². The zero-order valence-corrected chi connectivity index (χ0v) is 18.3. The Morgan fingerprint density at radius 1 is 0.941 bits per heavy atom. The summed E-state index contributed by atoms with van der Waals surface area (Å²) in [5, 5.41) is 10.3. The molecule has 34 heavy (non-hydrogen) atoms. The maximum Gasteiger partial charge on any atom is 0.573 e. The number of nitrogens with one attached hydrogen (secondary N) is 1. The van der Waals surface area contributed by atoms with Crippen molar-refractivity contribution in [3.05, 3.63) is 66.1 Å². The van der Waals surface area contributed by atoms with Gasteiger partial charge in [0.25, 0.3) is 5.91 Å². The zero-order valence-electron chi connectivity index (χ0n) is 18.3. The van der Waals surface area contributed by atoms with Gasteiger partial charge < -0.3 is 14.5 Å². The second kappa shape index (κ2) is 12.0. The average Bonchev–Trinajstić information content (AvgIpc) is 3.28. The number of aryl methyl sites for hydroxylation is 1. The molecule has 0 saturated carbocycles. The summed E-state index contributed by atoms with van der Waals surface area (Å²) in [5.41, 5.74) is 1.50. The molecule has 0 aliphatic carbocycles. The molecule has 0 unspecified atom stereocenters. The predicted octanol–water partition coefficient (Wildman–Crippen LogP) is 5.01. The number of Topliss-reactive ketones (excluding diaryl/α,β-unsaturated/α-hetero) is 1. The van der Waals surface area contributed by atoms with E-state index in [0.717, 1.165) is 30.4 Å². The minimum atomic E-state index is -4.71. The van der Waals surface area contributed by atoms with Crippen LogP contribution < -0.4 is 10.1 Å². The number of aromatic nitrogens is 2. The normalized spacial score (nSPS) is 11.3. The van der Waals surface area contributed by atoms with E-state index in [-0.39, 0.29) is 24.6 Å². The van der Waals surface area contributed by atoms with Gasteiger partial charge in [-0.2, -0.15) is 0 Å². The summed E-state index contributed by atoms with van der Waals surface area (Å²) in [4.78, 5) is 24.0. The third-order valence-corrected chi connectivity index (χ3v) is 4.89. The zero-order chi connectivity index (χ0) is 24.4. The first-order valence-corrected chi connectivity index (χ1v) is 10.8. The number of ketones is 1. The van der Waals surface area contributed by atoms with E-state index in [4.69, 9.17) is 4.42 Å². The Morgan fingerprint density at radius 3 is 2.47 bits per heavy atom. The highest BCUT2D eigenvalue weighted by atomic mass is 19.4. The number of halogens is 3. The fourth-order valence-corrected chi connectivity index (χ4v) is 3.26. The van der Waals surface area contributed by atoms with Crippen LogP contribution in [0.15, 0.2) is 59.0 Å². The highest BCUT2D eigenvalue weighted by molar-refractivity contribution is 6.36. The van der Waals surface area contributed by atoms with E-state index in [1.54, 1.807) is 6.07 Å². The second-order valence-corrected chi connectivity index (χ2v) is 7.58. The summed E-state index contributed by atoms with van der Waals surface area (Å²) in [6, 6.07) is 15.1. The highest BCUT2D eigenvalue weighted by Gasteiger charge is 2.31. The summed E-state index contributed by atoms with van der Waals surface area (Å²) in [6.45, 7) is -0.0402. The molecule has 7 nitrogen and oxygen atoms in total. The van der Waals surface area contributed by atoms with Crippen molar-refractivity contribution in [1.82, 2.24) is 15.5 Å². The first-order valence-electron chi connectivity index (χ1n) is 10.8. The molecule has 1 heterocycles.